The van der Waals surface area contributed by atoms with Crippen molar-refractivity contribution in [1.29, 1.82) is 0 Å². The molecule has 13 heavy (non-hydrogen) atoms. The second-order valence-corrected chi connectivity index (χ2v) is 4.31. The molecule has 1 aliphatic heterocycles. The van der Waals surface area contributed by atoms with Crippen LogP contribution in [0.3, 0.4) is 0 Å². The lowest BCUT2D eigenvalue weighted by atomic mass is 9.79. The normalized spacial score (nSPS) is 42.2. The van der Waals surface area contributed by atoms with E-state index in [-0.39, 0.29) is 0 Å². The van der Waals surface area contributed by atoms with Crippen molar-refractivity contribution in [2.75, 3.05) is 0 Å². The van der Waals surface area contributed by atoms with Crippen LogP contribution in [0.2, 0.25) is 0 Å². The third-order valence-corrected chi connectivity index (χ3v) is 3.43. The van der Waals surface area contributed by atoms with Crippen LogP contribution in [0, 0.1) is 17.8 Å². The maximum absolute atomic E-state index is 3.62. The van der Waals surface area contributed by atoms with Gasteiger partial charge in [-0.3, -0.25) is 0 Å². The van der Waals surface area contributed by atoms with Crippen LogP contribution in [0.4, 0.5) is 0 Å². The topological polar surface area (TPSA) is 21.9 Å². The molecule has 1 heteroatoms. The van der Waals surface area contributed by atoms with E-state index in [1.54, 1.807) is 6.08 Å². The summed E-state index contributed by atoms with van der Waals surface area (Å²) in [6.07, 6.45) is 6.89. The van der Waals surface area contributed by atoms with Crippen molar-refractivity contribution in [3.8, 4) is 11.8 Å². The van der Waals surface area contributed by atoms with Gasteiger partial charge in [0.2, 0.25) is 0 Å². The molecule has 2 fully saturated rings. The van der Waals surface area contributed by atoms with E-state index in [9.17, 15) is 0 Å². The molecule has 0 aromatic heterocycles. The Kier molecular flexibility index (Phi) is 2.17. The summed E-state index contributed by atoms with van der Waals surface area (Å²) < 4.78 is 0. The predicted molar refractivity (Wildman–Crippen MR) is 55.3 cm³/mol. The van der Waals surface area contributed by atoms with Crippen LogP contribution in [0.1, 0.15) is 32.6 Å². The summed E-state index contributed by atoms with van der Waals surface area (Å²) >= 11 is 0. The fraction of sp³-hybridized carbons (Fsp3) is 0.667. The fourth-order valence-electron chi connectivity index (χ4n) is 2.52. The molecule has 0 amide bonds. The Labute approximate surface area is 80.6 Å². The highest BCUT2D eigenvalue weighted by Gasteiger charge is 2.52. The first-order valence-electron chi connectivity index (χ1n) is 5.16. The van der Waals surface area contributed by atoms with Crippen molar-refractivity contribution in [2.24, 2.45) is 5.92 Å². The van der Waals surface area contributed by atoms with E-state index in [0.717, 1.165) is 6.04 Å². The van der Waals surface area contributed by atoms with Gasteiger partial charge in [-0.15, -0.1) is 0 Å². The zero-order valence-electron chi connectivity index (χ0n) is 8.27. The second-order valence-electron chi connectivity index (χ2n) is 4.31. The first-order valence-corrected chi connectivity index (χ1v) is 5.16. The van der Waals surface area contributed by atoms with Gasteiger partial charge in [0.25, 0.3) is 0 Å². The van der Waals surface area contributed by atoms with Gasteiger partial charge in [0.15, 0.2) is 0 Å². The van der Waals surface area contributed by atoms with Gasteiger partial charge in [-0.2, -0.15) is 0 Å². The van der Waals surface area contributed by atoms with Crippen LogP contribution in [-0.2, 0) is 0 Å². The van der Waals surface area contributed by atoms with Gasteiger partial charge in [0, 0.05) is 17.5 Å². The van der Waals surface area contributed by atoms with Gasteiger partial charge in [0.1, 0.15) is 0 Å². The molecule has 1 saturated heterocycles. The molecule has 0 aromatic rings. The van der Waals surface area contributed by atoms with Gasteiger partial charge < -0.3 is 5.32 Å². The molecule has 0 aromatic carbocycles. The molecule has 1 heterocycles. The van der Waals surface area contributed by atoms with Crippen molar-refractivity contribution >= 4 is 0 Å². The van der Waals surface area contributed by atoms with E-state index in [2.05, 4.69) is 30.7 Å². The zero-order chi connectivity index (χ0) is 9.31. The third-order valence-electron chi connectivity index (χ3n) is 3.43. The highest BCUT2D eigenvalue weighted by molar-refractivity contribution is 5.21. The molecule has 1 nitrogen and oxygen atoms in total. The van der Waals surface area contributed by atoms with Gasteiger partial charge in [0.05, 0.1) is 0 Å². The second kappa shape index (κ2) is 3.20. The molecule has 1 saturated carbocycles. The van der Waals surface area contributed by atoms with E-state index in [4.69, 9.17) is 0 Å². The van der Waals surface area contributed by atoms with Gasteiger partial charge in [-0.05, 0) is 32.3 Å². The average molecular weight is 175 g/mol. The summed E-state index contributed by atoms with van der Waals surface area (Å²) in [5.41, 5.74) is 0.471. The minimum atomic E-state index is 0.471. The quantitative estimate of drug-likeness (QED) is 0.442. The average Bonchev–Trinajstić information content (AvgIpc) is 2.73. The lowest BCUT2D eigenvalue weighted by Crippen LogP contribution is -2.26. The zero-order valence-corrected chi connectivity index (χ0v) is 8.27. The standard InChI is InChI=1S/C12H17N/c1-3-4-6-11-7-5-8-12(9-11)10(2)13-12/h3,10-11,13H,1,5,7-9H2,2H3. The summed E-state index contributed by atoms with van der Waals surface area (Å²) in [4.78, 5) is 0. The van der Waals surface area contributed by atoms with Crippen LogP contribution in [0.15, 0.2) is 12.7 Å². The Balaban J connectivity index is 1.97. The van der Waals surface area contributed by atoms with Crippen LogP contribution < -0.4 is 5.32 Å². The minimum absolute atomic E-state index is 0.471. The first kappa shape index (κ1) is 8.84. The van der Waals surface area contributed by atoms with Crippen molar-refractivity contribution in [1.82, 2.24) is 5.32 Å². The first-order chi connectivity index (χ1) is 6.27. The van der Waals surface area contributed by atoms with E-state index < -0.39 is 0 Å². The van der Waals surface area contributed by atoms with E-state index >= 15 is 0 Å². The molecule has 1 spiro atoms. The summed E-state index contributed by atoms with van der Waals surface area (Å²) in [7, 11) is 0. The predicted octanol–water partition coefficient (Wildman–Crippen LogP) is 2.10. The van der Waals surface area contributed by atoms with Crippen molar-refractivity contribution in [3.05, 3.63) is 12.7 Å². The molecule has 0 radical (unpaired) electrons. The van der Waals surface area contributed by atoms with Gasteiger partial charge in [-0.1, -0.05) is 24.8 Å². The van der Waals surface area contributed by atoms with Crippen molar-refractivity contribution in [3.63, 3.8) is 0 Å². The maximum Gasteiger partial charge on any atom is 0.0347 e. The lowest BCUT2D eigenvalue weighted by molar-refractivity contribution is 0.347. The molecule has 2 rings (SSSR count). The number of nitrogens with one attached hydrogen (secondary N) is 1. The largest absolute Gasteiger partial charge is 0.305 e. The van der Waals surface area contributed by atoms with Crippen LogP contribution in [-0.4, -0.2) is 11.6 Å². The molecule has 70 valence electrons. The molecular weight excluding hydrogens is 158 g/mol. The Bertz CT molecular complexity index is 271. The van der Waals surface area contributed by atoms with E-state index in [0.29, 0.717) is 11.5 Å². The highest BCUT2D eigenvalue weighted by atomic mass is 15.2. The van der Waals surface area contributed by atoms with E-state index in [1.165, 1.54) is 25.7 Å². The van der Waals surface area contributed by atoms with Crippen LogP contribution in [0.5, 0.6) is 0 Å². The number of hydrogen-bond acceptors (Lipinski definition) is 1. The monoisotopic (exact) mass is 175 g/mol. The maximum atomic E-state index is 3.62. The van der Waals surface area contributed by atoms with Crippen LogP contribution >= 0.6 is 0 Å². The molecule has 3 unspecified atom stereocenters. The summed E-state index contributed by atoms with van der Waals surface area (Å²) in [5.74, 6) is 6.86. The van der Waals surface area contributed by atoms with Gasteiger partial charge >= 0.3 is 0 Å². The minimum Gasteiger partial charge on any atom is -0.305 e. The summed E-state index contributed by atoms with van der Waals surface area (Å²) in [6.45, 7) is 5.90. The molecule has 3 atom stereocenters. The summed E-state index contributed by atoms with van der Waals surface area (Å²) in [5, 5.41) is 3.56. The molecule has 1 N–H and O–H groups in total. The molecule has 1 aliphatic carbocycles. The molecule has 0 bridgehead atoms. The Morgan fingerprint density at radius 1 is 1.62 bits per heavy atom. The Hall–Kier alpha value is -0.740. The van der Waals surface area contributed by atoms with E-state index in [1.807, 2.05) is 0 Å². The third kappa shape index (κ3) is 1.64. The smallest absolute Gasteiger partial charge is 0.0347 e. The summed E-state index contributed by atoms with van der Waals surface area (Å²) in [6, 6.07) is 0.723. The molecule has 2 aliphatic rings. The van der Waals surface area contributed by atoms with Crippen LogP contribution in [0.25, 0.3) is 0 Å². The molecular formula is C12H17N. The number of hydrogen-bond donors (Lipinski definition) is 1. The van der Waals surface area contributed by atoms with Crippen molar-refractivity contribution < 1.29 is 0 Å². The Morgan fingerprint density at radius 3 is 3.00 bits per heavy atom. The lowest BCUT2D eigenvalue weighted by Gasteiger charge is -2.25. The van der Waals surface area contributed by atoms with Crippen molar-refractivity contribution in [2.45, 2.75) is 44.2 Å². The Morgan fingerprint density at radius 2 is 2.38 bits per heavy atom. The number of rotatable bonds is 0. The SMILES string of the molecule is C=CC#CC1CCCC2(C1)NC2C. The number of allylic oxidation sites excluding steroid dienone is 1. The van der Waals surface area contributed by atoms with Gasteiger partial charge in [-0.25, -0.2) is 0 Å². The fourth-order valence-corrected chi connectivity index (χ4v) is 2.52. The highest BCUT2D eigenvalue weighted by Crippen LogP contribution is 2.42.